The lowest BCUT2D eigenvalue weighted by Crippen LogP contribution is -2.27. The van der Waals surface area contributed by atoms with Crippen LogP contribution in [0.1, 0.15) is 10.4 Å². The number of para-hydroxylation sites is 1. The fourth-order valence-electron chi connectivity index (χ4n) is 3.58. The normalized spacial score (nSPS) is 10.8. The molecule has 5 nitrogen and oxygen atoms in total. The van der Waals surface area contributed by atoms with Gasteiger partial charge in [0.25, 0.3) is 5.91 Å². The summed E-state index contributed by atoms with van der Waals surface area (Å²) in [6.45, 7) is -0.301. The van der Waals surface area contributed by atoms with Crippen LogP contribution in [0.4, 0.5) is 11.4 Å². The summed E-state index contributed by atoms with van der Waals surface area (Å²) >= 11 is 13.5. The SMILES string of the molecule is CN(C(=O)c1cc(N(CC(=O)O)Sc2cc(Cl)cc(Cl)c2)c2ccccc2c1)c1ccccc1. The van der Waals surface area contributed by atoms with E-state index in [0.29, 0.717) is 26.2 Å². The molecule has 0 aliphatic rings. The molecule has 0 saturated heterocycles. The third-order valence-electron chi connectivity index (χ3n) is 5.13. The van der Waals surface area contributed by atoms with E-state index in [1.54, 1.807) is 40.5 Å². The maximum absolute atomic E-state index is 13.4. The fourth-order valence-corrected chi connectivity index (χ4v) is 5.27. The van der Waals surface area contributed by atoms with Crippen molar-refractivity contribution in [3.05, 3.63) is 101 Å². The summed E-state index contributed by atoms with van der Waals surface area (Å²) < 4.78 is 1.63. The fraction of sp³-hybridized carbons (Fsp3) is 0.0769. The van der Waals surface area contributed by atoms with E-state index in [4.69, 9.17) is 23.2 Å². The van der Waals surface area contributed by atoms with E-state index in [1.165, 1.54) is 11.9 Å². The first kappa shape index (κ1) is 24.0. The molecule has 1 amide bonds. The Balaban J connectivity index is 1.81. The van der Waals surface area contributed by atoms with E-state index in [2.05, 4.69) is 0 Å². The van der Waals surface area contributed by atoms with Gasteiger partial charge in [0.1, 0.15) is 6.54 Å². The first-order valence-corrected chi connectivity index (χ1v) is 11.8. The number of carbonyl (C=O) groups excluding carboxylic acids is 1. The number of amides is 1. The first-order chi connectivity index (χ1) is 16.3. The van der Waals surface area contributed by atoms with Crippen LogP contribution in [0, 0.1) is 0 Å². The van der Waals surface area contributed by atoms with Crippen LogP contribution >= 0.6 is 35.1 Å². The molecule has 34 heavy (non-hydrogen) atoms. The second kappa shape index (κ2) is 10.4. The third-order valence-corrected chi connectivity index (χ3v) is 6.56. The molecule has 0 heterocycles. The van der Waals surface area contributed by atoms with Crippen molar-refractivity contribution in [2.75, 3.05) is 22.8 Å². The molecule has 0 aliphatic heterocycles. The lowest BCUT2D eigenvalue weighted by Gasteiger charge is -2.25. The quantitative estimate of drug-likeness (QED) is 0.270. The second-order valence-corrected chi connectivity index (χ2v) is 9.51. The predicted molar refractivity (Wildman–Crippen MR) is 140 cm³/mol. The van der Waals surface area contributed by atoms with Crippen LogP contribution in [0.2, 0.25) is 10.0 Å². The molecule has 0 aromatic heterocycles. The average molecular weight is 511 g/mol. The Morgan fingerprint density at radius 2 is 1.53 bits per heavy atom. The minimum Gasteiger partial charge on any atom is -0.480 e. The Bertz CT molecular complexity index is 1340. The number of carboxylic acid groups (broad SMARTS) is 1. The number of carboxylic acids is 1. The zero-order valence-corrected chi connectivity index (χ0v) is 20.4. The number of carbonyl (C=O) groups is 2. The molecule has 0 fully saturated rings. The Labute approximate surface area is 211 Å². The second-order valence-electron chi connectivity index (χ2n) is 7.54. The Morgan fingerprint density at radius 3 is 2.21 bits per heavy atom. The zero-order chi connectivity index (χ0) is 24.2. The van der Waals surface area contributed by atoms with Crippen molar-refractivity contribution in [1.29, 1.82) is 0 Å². The van der Waals surface area contributed by atoms with Crippen molar-refractivity contribution in [3.63, 3.8) is 0 Å². The molecule has 0 unspecified atom stereocenters. The predicted octanol–water partition coefficient (Wildman–Crippen LogP) is 7.02. The molecular formula is C26H20Cl2N2O3S. The van der Waals surface area contributed by atoms with Crippen LogP contribution in [-0.4, -0.2) is 30.6 Å². The van der Waals surface area contributed by atoms with E-state index in [-0.39, 0.29) is 12.5 Å². The van der Waals surface area contributed by atoms with E-state index in [1.807, 2.05) is 60.7 Å². The van der Waals surface area contributed by atoms with Gasteiger partial charge in [-0.15, -0.1) is 0 Å². The number of anilines is 2. The first-order valence-electron chi connectivity index (χ1n) is 10.3. The van der Waals surface area contributed by atoms with E-state index < -0.39 is 5.97 Å². The minimum atomic E-state index is -1.01. The van der Waals surface area contributed by atoms with Crippen LogP contribution in [0.3, 0.4) is 0 Å². The lowest BCUT2D eigenvalue weighted by atomic mass is 10.0. The summed E-state index contributed by atoms with van der Waals surface area (Å²) in [7, 11) is 1.71. The minimum absolute atomic E-state index is 0.204. The van der Waals surface area contributed by atoms with Crippen LogP contribution in [0.25, 0.3) is 10.8 Å². The van der Waals surface area contributed by atoms with Crippen molar-refractivity contribution in [3.8, 4) is 0 Å². The van der Waals surface area contributed by atoms with Crippen LogP contribution in [0.15, 0.2) is 89.8 Å². The van der Waals surface area contributed by atoms with Crippen molar-refractivity contribution in [2.45, 2.75) is 4.90 Å². The van der Waals surface area contributed by atoms with Gasteiger partial charge in [0.2, 0.25) is 0 Å². The van der Waals surface area contributed by atoms with Gasteiger partial charge in [-0.3, -0.25) is 9.59 Å². The highest BCUT2D eigenvalue weighted by molar-refractivity contribution is 8.00. The summed E-state index contributed by atoms with van der Waals surface area (Å²) in [6, 6.07) is 25.5. The number of fused-ring (bicyclic) bond motifs is 1. The van der Waals surface area contributed by atoms with Gasteiger partial charge < -0.3 is 14.3 Å². The van der Waals surface area contributed by atoms with E-state index in [9.17, 15) is 14.7 Å². The van der Waals surface area contributed by atoms with Gasteiger partial charge in [0.05, 0.1) is 5.69 Å². The Hall–Kier alpha value is -3.19. The molecule has 8 heteroatoms. The highest BCUT2D eigenvalue weighted by Crippen LogP contribution is 2.37. The number of halogens is 2. The van der Waals surface area contributed by atoms with Gasteiger partial charge in [-0.25, -0.2) is 0 Å². The number of aliphatic carboxylic acids is 1. The van der Waals surface area contributed by atoms with Gasteiger partial charge in [0.15, 0.2) is 0 Å². The number of hydrogen-bond donors (Lipinski definition) is 1. The smallest absolute Gasteiger partial charge is 0.324 e. The van der Waals surface area contributed by atoms with Crippen molar-refractivity contribution in [1.82, 2.24) is 0 Å². The molecule has 4 aromatic rings. The van der Waals surface area contributed by atoms with Crippen molar-refractivity contribution < 1.29 is 14.7 Å². The van der Waals surface area contributed by atoms with Crippen molar-refractivity contribution >= 4 is 69.2 Å². The molecule has 0 aliphatic carbocycles. The molecule has 0 atom stereocenters. The molecule has 0 bridgehead atoms. The van der Waals surface area contributed by atoms with Gasteiger partial charge in [-0.2, -0.15) is 0 Å². The maximum Gasteiger partial charge on any atom is 0.324 e. The summed E-state index contributed by atoms with van der Waals surface area (Å²) in [6.07, 6.45) is 0. The standard InChI is InChI=1S/C26H20Cl2N2O3S/c1-29(21-8-3-2-4-9-21)26(33)18-11-17-7-5-6-10-23(17)24(12-18)30(16-25(31)32)34-22-14-19(27)13-20(28)15-22/h2-15H,16H2,1H3,(H,31,32). The van der Waals surface area contributed by atoms with Crippen LogP contribution in [0.5, 0.6) is 0 Å². The summed E-state index contributed by atoms with van der Waals surface area (Å²) in [5.74, 6) is -1.22. The number of rotatable bonds is 7. The molecule has 0 spiro atoms. The highest BCUT2D eigenvalue weighted by Gasteiger charge is 2.21. The highest BCUT2D eigenvalue weighted by atomic mass is 35.5. The summed E-state index contributed by atoms with van der Waals surface area (Å²) in [4.78, 5) is 27.4. The van der Waals surface area contributed by atoms with Crippen molar-refractivity contribution in [2.24, 2.45) is 0 Å². The molecule has 172 valence electrons. The average Bonchev–Trinajstić information content (AvgIpc) is 2.81. The Kier molecular flexibility index (Phi) is 7.32. The zero-order valence-electron chi connectivity index (χ0n) is 18.1. The van der Waals surface area contributed by atoms with Gasteiger partial charge in [-0.05, 0) is 59.8 Å². The van der Waals surface area contributed by atoms with Crippen LogP contribution < -0.4 is 9.21 Å². The summed E-state index contributed by atoms with van der Waals surface area (Å²) in [5, 5.41) is 12.2. The van der Waals surface area contributed by atoms with Gasteiger partial charge in [0, 0.05) is 38.6 Å². The molecule has 0 radical (unpaired) electrons. The molecule has 1 N–H and O–H groups in total. The summed E-state index contributed by atoms with van der Waals surface area (Å²) in [5.41, 5.74) is 1.80. The maximum atomic E-state index is 13.4. The monoisotopic (exact) mass is 510 g/mol. The molecular weight excluding hydrogens is 491 g/mol. The van der Waals surface area contributed by atoms with E-state index in [0.717, 1.165) is 16.5 Å². The largest absolute Gasteiger partial charge is 0.480 e. The number of benzene rings is 4. The molecule has 0 saturated carbocycles. The third kappa shape index (κ3) is 5.47. The van der Waals surface area contributed by atoms with Gasteiger partial charge >= 0.3 is 5.97 Å². The van der Waals surface area contributed by atoms with Crippen LogP contribution in [-0.2, 0) is 4.79 Å². The number of hydrogen-bond acceptors (Lipinski definition) is 4. The number of nitrogens with zero attached hydrogens (tertiary/aromatic N) is 2. The topological polar surface area (TPSA) is 60.9 Å². The van der Waals surface area contributed by atoms with E-state index >= 15 is 0 Å². The molecule has 4 rings (SSSR count). The van der Waals surface area contributed by atoms with Gasteiger partial charge in [-0.1, -0.05) is 65.7 Å². The molecule has 4 aromatic carbocycles. The lowest BCUT2D eigenvalue weighted by molar-refractivity contribution is -0.135. The Morgan fingerprint density at radius 1 is 0.882 bits per heavy atom.